The molecule has 3 aromatic carbocycles. The van der Waals surface area contributed by atoms with Gasteiger partial charge < -0.3 is 15.0 Å². The zero-order valence-corrected chi connectivity index (χ0v) is 22.0. The molecule has 3 amide bonds. The number of benzene rings is 3. The Balaban J connectivity index is 1.71. The molecular formula is C28H29N3O6S. The van der Waals surface area contributed by atoms with Crippen molar-refractivity contribution >= 4 is 27.7 Å². The summed E-state index contributed by atoms with van der Waals surface area (Å²) in [6.45, 7) is 1.39. The number of sulfonamides is 1. The molecule has 0 saturated carbocycles. The third kappa shape index (κ3) is 5.55. The summed E-state index contributed by atoms with van der Waals surface area (Å²) in [5, 5.41) is 2.79. The third-order valence-electron chi connectivity index (χ3n) is 6.30. The number of nitrogens with zero attached hydrogens (tertiary/aromatic N) is 2. The molecule has 0 fully saturated rings. The van der Waals surface area contributed by atoms with E-state index in [0.717, 1.165) is 5.56 Å². The molecule has 3 aromatic rings. The maximum absolute atomic E-state index is 13.8. The van der Waals surface area contributed by atoms with Crippen molar-refractivity contribution in [2.45, 2.75) is 30.8 Å². The molecule has 0 bridgehead atoms. The first-order chi connectivity index (χ1) is 18.3. The monoisotopic (exact) mass is 535 g/mol. The SMILES string of the molecule is CCNC(=O)[C@H](Cc1ccccc1)N(Cc1cccc(OC)c1)C(=O)CN1C(=O)c2ccccc2S1(=O)=O. The van der Waals surface area contributed by atoms with Gasteiger partial charge in [0.1, 0.15) is 23.2 Å². The smallest absolute Gasteiger partial charge is 0.269 e. The van der Waals surface area contributed by atoms with Crippen LogP contribution in [-0.2, 0) is 32.6 Å². The van der Waals surface area contributed by atoms with Crippen molar-refractivity contribution in [2.24, 2.45) is 0 Å². The van der Waals surface area contributed by atoms with Gasteiger partial charge in [-0.25, -0.2) is 12.7 Å². The first-order valence-electron chi connectivity index (χ1n) is 12.2. The number of hydrogen-bond acceptors (Lipinski definition) is 6. The highest BCUT2D eigenvalue weighted by Gasteiger charge is 2.43. The Hall–Kier alpha value is -4.18. The molecule has 1 heterocycles. The quantitative estimate of drug-likeness (QED) is 0.427. The fourth-order valence-corrected chi connectivity index (χ4v) is 5.93. The normalized spacial score (nSPS) is 14.5. The Labute approximate surface area is 222 Å². The topological polar surface area (TPSA) is 113 Å². The van der Waals surface area contributed by atoms with Crippen LogP contribution >= 0.6 is 0 Å². The first kappa shape index (κ1) is 26.9. The van der Waals surface area contributed by atoms with Gasteiger partial charge in [-0.3, -0.25) is 14.4 Å². The fraction of sp³-hybridized carbons (Fsp3) is 0.250. The van der Waals surface area contributed by atoms with E-state index in [1.807, 2.05) is 30.3 Å². The number of nitrogens with one attached hydrogen (secondary N) is 1. The fourth-order valence-electron chi connectivity index (χ4n) is 4.41. The van der Waals surface area contributed by atoms with Gasteiger partial charge in [0.15, 0.2) is 0 Å². The van der Waals surface area contributed by atoms with Crippen LogP contribution in [0.25, 0.3) is 0 Å². The average Bonchev–Trinajstić information content (AvgIpc) is 3.12. The van der Waals surface area contributed by atoms with Gasteiger partial charge in [0.25, 0.3) is 15.9 Å². The van der Waals surface area contributed by atoms with Gasteiger partial charge >= 0.3 is 0 Å². The lowest BCUT2D eigenvalue weighted by Crippen LogP contribution is -2.53. The Bertz CT molecular complexity index is 1440. The molecule has 38 heavy (non-hydrogen) atoms. The van der Waals surface area contributed by atoms with E-state index in [9.17, 15) is 22.8 Å². The summed E-state index contributed by atoms with van der Waals surface area (Å²) in [6.07, 6.45) is 0.198. The van der Waals surface area contributed by atoms with Crippen LogP contribution < -0.4 is 10.1 Å². The van der Waals surface area contributed by atoms with E-state index in [-0.39, 0.29) is 29.3 Å². The van der Waals surface area contributed by atoms with E-state index in [0.29, 0.717) is 22.2 Å². The van der Waals surface area contributed by atoms with E-state index in [2.05, 4.69) is 5.32 Å². The molecular weight excluding hydrogens is 506 g/mol. The summed E-state index contributed by atoms with van der Waals surface area (Å²) < 4.78 is 32.1. The molecule has 10 heteroatoms. The summed E-state index contributed by atoms with van der Waals surface area (Å²) >= 11 is 0. The van der Waals surface area contributed by atoms with Crippen LogP contribution in [0.15, 0.2) is 83.8 Å². The predicted molar refractivity (Wildman–Crippen MR) is 141 cm³/mol. The standard InChI is InChI=1S/C28H29N3O6S/c1-3-29-27(33)24(17-20-10-5-4-6-11-20)30(18-21-12-9-13-22(16-21)37-2)26(32)19-31-28(34)23-14-7-8-15-25(23)38(31,35)36/h4-16,24H,3,17-19H2,1-2H3,(H,29,33)/t24-/m0/s1. The third-order valence-corrected chi connectivity index (χ3v) is 8.09. The minimum absolute atomic E-state index is 0.000303. The van der Waals surface area contributed by atoms with Gasteiger partial charge in [-0.15, -0.1) is 0 Å². The van der Waals surface area contributed by atoms with Crippen molar-refractivity contribution in [1.29, 1.82) is 0 Å². The molecule has 1 aliphatic rings. The number of likely N-dealkylation sites (N-methyl/N-ethyl adjacent to an activating group) is 1. The minimum atomic E-state index is -4.21. The molecule has 198 valence electrons. The van der Waals surface area contributed by atoms with Gasteiger partial charge in [-0.2, -0.15) is 0 Å². The second-order valence-corrected chi connectivity index (χ2v) is 10.6. The summed E-state index contributed by atoms with van der Waals surface area (Å²) in [5.41, 5.74) is 1.52. The first-order valence-corrected chi connectivity index (χ1v) is 13.6. The molecule has 1 atom stereocenters. The van der Waals surface area contributed by atoms with Crippen LogP contribution in [-0.4, -0.2) is 61.6 Å². The Morgan fingerprint density at radius 3 is 2.34 bits per heavy atom. The van der Waals surface area contributed by atoms with Crippen LogP contribution in [0, 0.1) is 0 Å². The molecule has 0 aliphatic carbocycles. The maximum atomic E-state index is 13.8. The predicted octanol–water partition coefficient (Wildman–Crippen LogP) is 2.62. The maximum Gasteiger partial charge on any atom is 0.269 e. The van der Waals surface area contributed by atoms with Crippen molar-refractivity contribution in [2.75, 3.05) is 20.2 Å². The molecule has 9 nitrogen and oxygen atoms in total. The second-order valence-electron chi connectivity index (χ2n) is 8.79. The molecule has 0 unspecified atom stereocenters. The molecule has 0 saturated heterocycles. The number of carbonyl (C=O) groups excluding carboxylic acids is 3. The van der Waals surface area contributed by atoms with Crippen LogP contribution in [0.5, 0.6) is 5.75 Å². The average molecular weight is 536 g/mol. The number of ether oxygens (including phenoxy) is 1. The highest BCUT2D eigenvalue weighted by atomic mass is 32.2. The zero-order chi connectivity index (χ0) is 27.3. The minimum Gasteiger partial charge on any atom is -0.497 e. The molecule has 0 radical (unpaired) electrons. The van der Waals surface area contributed by atoms with Crippen molar-refractivity contribution < 1.29 is 27.5 Å². The summed E-state index contributed by atoms with van der Waals surface area (Å²) in [6, 6.07) is 21.2. The van der Waals surface area contributed by atoms with Crippen LogP contribution in [0.4, 0.5) is 0 Å². The van der Waals surface area contributed by atoms with E-state index >= 15 is 0 Å². The van der Waals surface area contributed by atoms with Gasteiger partial charge in [-0.05, 0) is 42.3 Å². The summed E-state index contributed by atoms with van der Waals surface area (Å²) in [5.74, 6) is -1.26. The molecule has 4 rings (SSSR count). The van der Waals surface area contributed by atoms with Gasteiger partial charge in [0.05, 0.1) is 12.7 Å². The van der Waals surface area contributed by atoms with Gasteiger partial charge in [0.2, 0.25) is 11.8 Å². The number of carbonyl (C=O) groups is 3. The van der Waals surface area contributed by atoms with Crippen molar-refractivity contribution in [1.82, 2.24) is 14.5 Å². The highest BCUT2D eigenvalue weighted by Crippen LogP contribution is 2.30. The van der Waals surface area contributed by atoms with Gasteiger partial charge in [0, 0.05) is 19.5 Å². The Morgan fingerprint density at radius 1 is 0.974 bits per heavy atom. The Morgan fingerprint density at radius 2 is 1.66 bits per heavy atom. The number of rotatable bonds is 10. The largest absolute Gasteiger partial charge is 0.497 e. The Kier molecular flexibility index (Phi) is 8.11. The van der Waals surface area contributed by atoms with E-state index < -0.39 is 34.4 Å². The summed E-state index contributed by atoms with van der Waals surface area (Å²) in [4.78, 5) is 41.3. The number of hydrogen-bond donors (Lipinski definition) is 1. The molecule has 0 aromatic heterocycles. The van der Waals surface area contributed by atoms with Crippen molar-refractivity contribution in [3.8, 4) is 5.75 Å². The van der Waals surface area contributed by atoms with E-state index in [4.69, 9.17) is 4.74 Å². The zero-order valence-electron chi connectivity index (χ0n) is 21.2. The second kappa shape index (κ2) is 11.5. The highest BCUT2D eigenvalue weighted by molar-refractivity contribution is 7.90. The number of methoxy groups -OCH3 is 1. The van der Waals surface area contributed by atoms with E-state index in [1.54, 1.807) is 37.3 Å². The lowest BCUT2D eigenvalue weighted by molar-refractivity contribution is -0.141. The van der Waals surface area contributed by atoms with Crippen LogP contribution in [0.1, 0.15) is 28.4 Å². The van der Waals surface area contributed by atoms with Crippen molar-refractivity contribution in [3.63, 3.8) is 0 Å². The van der Waals surface area contributed by atoms with E-state index in [1.165, 1.54) is 30.2 Å². The molecule has 1 aliphatic heterocycles. The molecule has 1 N–H and O–H groups in total. The van der Waals surface area contributed by atoms with Crippen molar-refractivity contribution in [3.05, 3.63) is 95.6 Å². The van der Waals surface area contributed by atoms with Gasteiger partial charge in [-0.1, -0.05) is 54.6 Å². The number of fused-ring (bicyclic) bond motifs is 1. The summed E-state index contributed by atoms with van der Waals surface area (Å²) in [7, 11) is -2.68. The molecule has 0 spiro atoms. The van der Waals surface area contributed by atoms with Crippen LogP contribution in [0.3, 0.4) is 0 Å². The number of amides is 3. The lowest BCUT2D eigenvalue weighted by atomic mass is 10.0. The van der Waals surface area contributed by atoms with Crippen LogP contribution in [0.2, 0.25) is 0 Å². The lowest BCUT2D eigenvalue weighted by Gasteiger charge is -2.32.